The van der Waals surface area contributed by atoms with E-state index in [1.165, 1.54) is 17.8 Å². The highest BCUT2D eigenvalue weighted by atomic mass is 32.2. The molecule has 1 heterocycles. The Labute approximate surface area is 78.3 Å². The second-order valence-electron chi connectivity index (χ2n) is 1.68. The van der Waals surface area contributed by atoms with Crippen LogP contribution >= 0.6 is 11.8 Å². The zero-order chi connectivity index (χ0) is 7.56. The highest BCUT2D eigenvalue weighted by molar-refractivity contribution is 7.98. The van der Waals surface area contributed by atoms with Crippen LogP contribution in [-0.4, -0.2) is 32.7 Å². The van der Waals surface area contributed by atoms with Gasteiger partial charge in [-0.05, 0) is 6.26 Å². The van der Waals surface area contributed by atoms with E-state index in [9.17, 15) is 4.79 Å². The van der Waals surface area contributed by atoms with Crippen molar-refractivity contribution in [1.82, 2.24) is 9.97 Å². The average Bonchev–Trinajstić information content (AvgIpc) is 1.85. The van der Waals surface area contributed by atoms with Gasteiger partial charge in [0.2, 0.25) is 0 Å². The number of hydrogen-bond acceptors (Lipinski definition) is 4. The van der Waals surface area contributed by atoms with E-state index in [0.717, 1.165) is 0 Å². The van der Waals surface area contributed by atoms with Crippen molar-refractivity contribution in [3.63, 3.8) is 0 Å². The summed E-state index contributed by atoms with van der Waals surface area (Å²) in [5.41, 5.74) is 5.08. The van der Waals surface area contributed by atoms with Crippen LogP contribution in [0, 0.1) is 0 Å². The van der Waals surface area contributed by atoms with E-state index in [0.29, 0.717) is 5.16 Å². The summed E-state index contributed by atoms with van der Waals surface area (Å²) in [4.78, 5) is 17.0. The lowest BCUT2D eigenvalue weighted by Gasteiger charge is -1.94. The minimum absolute atomic E-state index is 0. The van der Waals surface area contributed by atoms with Gasteiger partial charge in [0.05, 0.1) is 0 Å². The van der Waals surface area contributed by atoms with Crippen molar-refractivity contribution >= 4 is 17.6 Å². The molecule has 13 heavy (non-hydrogen) atoms. The van der Waals surface area contributed by atoms with Gasteiger partial charge < -0.3 is 27.1 Å². The molecule has 7 nitrogen and oxygen atoms in total. The number of nitrogens with one attached hydrogen (secondary N) is 1. The monoisotopic (exact) mass is 211 g/mol. The molecule has 1 aromatic rings. The van der Waals surface area contributed by atoms with Crippen molar-refractivity contribution in [3.05, 3.63) is 16.4 Å². The molecule has 0 bridgehead atoms. The number of aromatic nitrogens is 2. The highest BCUT2D eigenvalue weighted by Gasteiger charge is 1.93. The number of nitrogen functional groups attached to an aromatic ring is 1. The van der Waals surface area contributed by atoms with Crippen molar-refractivity contribution in [3.8, 4) is 0 Å². The number of nitrogens with zero attached hydrogens (tertiary/aromatic N) is 1. The van der Waals surface area contributed by atoms with Gasteiger partial charge in [-0.3, -0.25) is 4.79 Å². The molecule has 0 aliphatic heterocycles. The van der Waals surface area contributed by atoms with Gasteiger partial charge in [0.15, 0.2) is 5.16 Å². The molecule has 78 valence electrons. The van der Waals surface area contributed by atoms with Crippen molar-refractivity contribution < 1.29 is 16.4 Å². The lowest BCUT2D eigenvalue weighted by Crippen LogP contribution is -2.08. The molecule has 0 aliphatic rings. The fraction of sp³-hybridized carbons (Fsp3) is 0.200. The van der Waals surface area contributed by atoms with Crippen LogP contribution in [0.2, 0.25) is 0 Å². The van der Waals surface area contributed by atoms with E-state index in [-0.39, 0.29) is 27.8 Å². The summed E-state index contributed by atoms with van der Waals surface area (Å²) in [6, 6.07) is 1.25. The molecule has 0 aromatic carbocycles. The third-order valence-corrected chi connectivity index (χ3v) is 1.51. The summed E-state index contributed by atoms with van der Waals surface area (Å²) in [5, 5.41) is 0.546. The topological polar surface area (TPSA) is 166 Å². The predicted molar refractivity (Wildman–Crippen MR) is 51.9 cm³/mol. The molecule has 0 saturated carbocycles. The van der Waals surface area contributed by atoms with Crippen LogP contribution in [0.5, 0.6) is 0 Å². The van der Waals surface area contributed by atoms with Crippen LogP contribution in [0.4, 0.5) is 5.82 Å². The predicted octanol–water partition coefficient (Wildman–Crippen LogP) is -2.40. The lowest BCUT2D eigenvalue weighted by molar-refractivity contribution is 0.823. The van der Waals surface area contributed by atoms with Gasteiger partial charge >= 0.3 is 0 Å². The number of thioether (sulfide) groups is 1. The molecule has 1 aromatic heterocycles. The highest BCUT2D eigenvalue weighted by Crippen LogP contribution is 2.05. The maximum atomic E-state index is 10.7. The molecule has 0 unspecified atom stereocenters. The van der Waals surface area contributed by atoms with Crippen LogP contribution in [0.3, 0.4) is 0 Å². The molecule has 0 fully saturated rings. The van der Waals surface area contributed by atoms with Gasteiger partial charge in [0.1, 0.15) is 5.82 Å². The van der Waals surface area contributed by atoms with E-state index in [2.05, 4.69) is 9.97 Å². The van der Waals surface area contributed by atoms with Crippen LogP contribution in [0.15, 0.2) is 16.0 Å². The third-order valence-electron chi connectivity index (χ3n) is 0.933. The van der Waals surface area contributed by atoms with E-state index < -0.39 is 0 Å². The summed E-state index contributed by atoms with van der Waals surface area (Å²) in [7, 11) is 0. The number of aromatic amines is 1. The summed E-state index contributed by atoms with van der Waals surface area (Å²) in [5.74, 6) is 0.258. The maximum absolute atomic E-state index is 10.7. The Hall–Kier alpha value is -1.09. The summed E-state index contributed by atoms with van der Waals surface area (Å²) < 4.78 is 0. The second-order valence-corrected chi connectivity index (χ2v) is 2.47. The van der Waals surface area contributed by atoms with Crippen LogP contribution < -0.4 is 11.3 Å². The van der Waals surface area contributed by atoms with E-state index in [1.807, 2.05) is 6.26 Å². The number of rotatable bonds is 1. The van der Waals surface area contributed by atoms with Crippen molar-refractivity contribution in [1.29, 1.82) is 0 Å². The molecule has 0 aliphatic carbocycles. The lowest BCUT2D eigenvalue weighted by atomic mass is 10.6. The van der Waals surface area contributed by atoms with Gasteiger partial charge in [-0.25, -0.2) is 4.98 Å². The van der Waals surface area contributed by atoms with Gasteiger partial charge in [-0.2, -0.15) is 0 Å². The van der Waals surface area contributed by atoms with Gasteiger partial charge in [-0.15, -0.1) is 0 Å². The molecule has 1 rings (SSSR count). The first-order chi connectivity index (χ1) is 4.72. The Morgan fingerprint density at radius 1 is 1.46 bits per heavy atom. The van der Waals surface area contributed by atoms with Gasteiger partial charge in [0, 0.05) is 6.07 Å². The number of H-pyrrole nitrogens is 1. The summed E-state index contributed by atoms with van der Waals surface area (Å²) in [6.07, 6.45) is 1.82. The molecule has 8 heteroatoms. The van der Waals surface area contributed by atoms with Gasteiger partial charge in [0.25, 0.3) is 5.56 Å². The Morgan fingerprint density at radius 2 is 2.00 bits per heavy atom. The molecule has 0 amide bonds. The average molecular weight is 211 g/mol. The molecular weight excluding hydrogens is 198 g/mol. The molecule has 0 saturated heterocycles. The van der Waals surface area contributed by atoms with Crippen LogP contribution in [0.1, 0.15) is 0 Å². The Bertz CT molecular complexity index is 289. The SMILES string of the molecule is CSc1nc(N)cc(=O)[nH]1.O.O.O. The fourth-order valence-corrected chi connectivity index (χ4v) is 0.949. The smallest absolute Gasteiger partial charge is 0.253 e. The molecule has 0 spiro atoms. The second kappa shape index (κ2) is 7.55. The van der Waals surface area contributed by atoms with Crippen molar-refractivity contribution in [2.75, 3.05) is 12.0 Å². The Balaban J connectivity index is -0.000000333. The minimum Gasteiger partial charge on any atom is -0.412 e. The van der Waals surface area contributed by atoms with E-state index in [1.54, 1.807) is 0 Å². The first kappa shape index (κ1) is 17.9. The first-order valence-corrected chi connectivity index (χ1v) is 3.85. The molecular formula is C5H13N3O4S. The fourth-order valence-electron chi connectivity index (χ4n) is 0.550. The van der Waals surface area contributed by atoms with E-state index >= 15 is 0 Å². The quantitative estimate of drug-likeness (QED) is 0.390. The molecule has 0 atom stereocenters. The summed E-state index contributed by atoms with van der Waals surface area (Å²) in [6.45, 7) is 0. The zero-order valence-corrected chi connectivity index (χ0v) is 7.73. The largest absolute Gasteiger partial charge is 0.412 e. The third kappa shape index (κ3) is 5.20. The number of anilines is 1. The minimum atomic E-state index is -0.211. The normalized spacial score (nSPS) is 7.46. The van der Waals surface area contributed by atoms with Gasteiger partial charge in [-0.1, -0.05) is 11.8 Å². The zero-order valence-electron chi connectivity index (χ0n) is 6.92. The van der Waals surface area contributed by atoms with Crippen LogP contribution in [0.25, 0.3) is 0 Å². The Morgan fingerprint density at radius 3 is 2.38 bits per heavy atom. The molecule has 0 radical (unpaired) electrons. The number of hydrogen-bond donors (Lipinski definition) is 2. The maximum Gasteiger partial charge on any atom is 0.253 e. The molecule has 9 N–H and O–H groups in total. The van der Waals surface area contributed by atoms with Crippen molar-refractivity contribution in [2.45, 2.75) is 5.16 Å². The number of nitrogens with two attached hydrogens (primary N) is 1. The standard InChI is InChI=1S/C5H7N3OS.3H2O/c1-10-5-7-3(6)2-4(9)8-5;;;/h2H,1H3,(H3,6,7,8,9);3*1H2. The van der Waals surface area contributed by atoms with E-state index in [4.69, 9.17) is 5.73 Å². The summed E-state index contributed by atoms with van der Waals surface area (Å²) >= 11 is 1.35. The Kier molecular flexibility index (Phi) is 10.4. The first-order valence-electron chi connectivity index (χ1n) is 2.63. The van der Waals surface area contributed by atoms with Crippen LogP contribution in [-0.2, 0) is 0 Å². The van der Waals surface area contributed by atoms with Crippen molar-refractivity contribution in [2.24, 2.45) is 0 Å².